The van der Waals surface area contributed by atoms with Gasteiger partial charge in [-0.05, 0) is 49.5 Å². The summed E-state index contributed by atoms with van der Waals surface area (Å²) in [5.74, 6) is 0.655. The molecule has 0 saturated heterocycles. The molecule has 4 heteroatoms. The lowest BCUT2D eigenvalue weighted by molar-refractivity contribution is 0.162. The van der Waals surface area contributed by atoms with Gasteiger partial charge in [0.15, 0.2) is 0 Å². The Balaban J connectivity index is 2.05. The molecule has 0 radical (unpaired) electrons. The van der Waals surface area contributed by atoms with Crippen molar-refractivity contribution in [3.8, 4) is 0 Å². The fraction of sp³-hybridized carbons (Fsp3) is 0.643. The second-order valence-electron chi connectivity index (χ2n) is 5.04. The van der Waals surface area contributed by atoms with Crippen LogP contribution in [0.3, 0.4) is 0 Å². The molecule has 0 amide bonds. The fourth-order valence-corrected chi connectivity index (χ4v) is 3.21. The first kappa shape index (κ1) is 13.8. The van der Waals surface area contributed by atoms with Gasteiger partial charge >= 0.3 is 0 Å². The summed E-state index contributed by atoms with van der Waals surface area (Å²) < 4.78 is 0. The van der Waals surface area contributed by atoms with Gasteiger partial charge in [-0.1, -0.05) is 24.9 Å². The zero-order valence-corrected chi connectivity index (χ0v) is 11.7. The van der Waals surface area contributed by atoms with Gasteiger partial charge in [-0.15, -0.1) is 0 Å². The van der Waals surface area contributed by atoms with Crippen LogP contribution in [0.2, 0.25) is 5.15 Å². The number of nitrogens with two attached hydrogens (primary N) is 1. The summed E-state index contributed by atoms with van der Waals surface area (Å²) >= 11 is 5.94. The molecule has 0 spiro atoms. The van der Waals surface area contributed by atoms with Crippen LogP contribution in [0.4, 0.5) is 0 Å². The highest BCUT2D eigenvalue weighted by molar-refractivity contribution is 6.29. The standard InChI is InChI=1S/C14H22ClN3/c1-2-18(13-5-3-4-12(13)9-16)10-11-6-7-17-14(15)8-11/h6-8,12-13H,2-5,9-10,16H2,1H3. The predicted octanol–water partition coefficient (Wildman–Crippen LogP) is 2.68. The molecule has 1 aromatic heterocycles. The van der Waals surface area contributed by atoms with Crippen LogP contribution in [0, 0.1) is 5.92 Å². The maximum atomic E-state index is 5.94. The zero-order chi connectivity index (χ0) is 13.0. The van der Waals surface area contributed by atoms with E-state index in [0.29, 0.717) is 17.1 Å². The van der Waals surface area contributed by atoms with E-state index in [1.54, 1.807) is 6.20 Å². The minimum Gasteiger partial charge on any atom is -0.330 e. The van der Waals surface area contributed by atoms with E-state index in [9.17, 15) is 0 Å². The van der Waals surface area contributed by atoms with Crippen LogP contribution in [0.5, 0.6) is 0 Å². The van der Waals surface area contributed by atoms with E-state index in [1.165, 1.54) is 24.8 Å². The van der Waals surface area contributed by atoms with E-state index >= 15 is 0 Å². The van der Waals surface area contributed by atoms with Crippen molar-refractivity contribution >= 4 is 11.6 Å². The summed E-state index contributed by atoms with van der Waals surface area (Å²) in [6.07, 6.45) is 5.63. The largest absolute Gasteiger partial charge is 0.330 e. The number of hydrogen-bond donors (Lipinski definition) is 1. The summed E-state index contributed by atoms with van der Waals surface area (Å²) in [5.41, 5.74) is 7.11. The van der Waals surface area contributed by atoms with Gasteiger partial charge in [0.2, 0.25) is 0 Å². The van der Waals surface area contributed by atoms with Crippen LogP contribution in [0.25, 0.3) is 0 Å². The molecule has 1 aromatic rings. The lowest BCUT2D eigenvalue weighted by atomic mass is 10.0. The van der Waals surface area contributed by atoms with Crippen LogP contribution in [0.15, 0.2) is 18.3 Å². The summed E-state index contributed by atoms with van der Waals surface area (Å²) in [6, 6.07) is 4.63. The highest BCUT2D eigenvalue weighted by Gasteiger charge is 2.30. The lowest BCUT2D eigenvalue weighted by Gasteiger charge is -2.31. The normalized spacial score (nSPS) is 23.8. The Bertz CT molecular complexity index is 383. The van der Waals surface area contributed by atoms with Gasteiger partial charge in [0.1, 0.15) is 5.15 Å². The van der Waals surface area contributed by atoms with Crippen LogP contribution in [-0.4, -0.2) is 29.0 Å². The molecule has 0 aliphatic heterocycles. The Morgan fingerprint density at radius 2 is 2.33 bits per heavy atom. The fourth-order valence-electron chi connectivity index (χ4n) is 3.01. The molecule has 2 atom stereocenters. The minimum atomic E-state index is 0.574. The Hall–Kier alpha value is -0.640. The van der Waals surface area contributed by atoms with Gasteiger partial charge in [-0.2, -0.15) is 0 Å². The topological polar surface area (TPSA) is 42.2 Å². The number of halogens is 1. The second-order valence-corrected chi connectivity index (χ2v) is 5.43. The molecule has 3 nitrogen and oxygen atoms in total. The van der Waals surface area contributed by atoms with Gasteiger partial charge < -0.3 is 5.73 Å². The summed E-state index contributed by atoms with van der Waals surface area (Å²) in [7, 11) is 0. The van der Waals surface area contributed by atoms with Gasteiger partial charge in [-0.3, -0.25) is 4.90 Å². The number of rotatable bonds is 5. The Morgan fingerprint density at radius 1 is 1.50 bits per heavy atom. The maximum Gasteiger partial charge on any atom is 0.129 e. The van der Waals surface area contributed by atoms with E-state index in [0.717, 1.165) is 19.6 Å². The molecule has 1 heterocycles. The average molecular weight is 268 g/mol. The third-order valence-electron chi connectivity index (χ3n) is 3.97. The first-order chi connectivity index (χ1) is 8.74. The van der Waals surface area contributed by atoms with Crippen molar-refractivity contribution in [1.29, 1.82) is 0 Å². The lowest BCUT2D eigenvalue weighted by Crippen LogP contribution is -2.39. The van der Waals surface area contributed by atoms with Crippen LogP contribution in [0.1, 0.15) is 31.7 Å². The van der Waals surface area contributed by atoms with E-state index in [2.05, 4.69) is 16.8 Å². The van der Waals surface area contributed by atoms with Crippen molar-refractivity contribution in [2.24, 2.45) is 11.7 Å². The third-order valence-corrected chi connectivity index (χ3v) is 4.18. The molecular formula is C14H22ClN3. The first-order valence-electron chi connectivity index (χ1n) is 6.79. The van der Waals surface area contributed by atoms with Crippen molar-refractivity contribution in [3.63, 3.8) is 0 Å². The summed E-state index contributed by atoms with van der Waals surface area (Å²) in [4.78, 5) is 6.55. The van der Waals surface area contributed by atoms with Crippen LogP contribution < -0.4 is 5.73 Å². The molecule has 0 aromatic carbocycles. The molecule has 0 bridgehead atoms. The van der Waals surface area contributed by atoms with E-state index in [-0.39, 0.29) is 0 Å². The van der Waals surface area contributed by atoms with Gasteiger partial charge in [0.05, 0.1) is 0 Å². The Kier molecular flexibility index (Phi) is 4.98. The first-order valence-corrected chi connectivity index (χ1v) is 7.17. The van der Waals surface area contributed by atoms with Crippen LogP contribution >= 0.6 is 11.6 Å². The van der Waals surface area contributed by atoms with Crippen molar-refractivity contribution in [1.82, 2.24) is 9.88 Å². The Labute approximate surface area is 114 Å². The van der Waals surface area contributed by atoms with E-state index in [4.69, 9.17) is 17.3 Å². The highest BCUT2D eigenvalue weighted by atomic mass is 35.5. The zero-order valence-electron chi connectivity index (χ0n) is 11.0. The van der Waals surface area contributed by atoms with Gasteiger partial charge in [0, 0.05) is 18.8 Å². The number of aromatic nitrogens is 1. The SMILES string of the molecule is CCN(Cc1ccnc(Cl)c1)C1CCCC1CN. The molecule has 18 heavy (non-hydrogen) atoms. The van der Waals surface area contributed by atoms with E-state index in [1.807, 2.05) is 12.1 Å². The smallest absolute Gasteiger partial charge is 0.129 e. The maximum absolute atomic E-state index is 5.94. The molecule has 2 N–H and O–H groups in total. The number of hydrogen-bond acceptors (Lipinski definition) is 3. The molecule has 1 aliphatic rings. The van der Waals surface area contributed by atoms with Crippen LogP contribution in [-0.2, 0) is 6.54 Å². The number of pyridine rings is 1. The molecule has 1 saturated carbocycles. The monoisotopic (exact) mass is 267 g/mol. The molecule has 1 aliphatic carbocycles. The van der Waals surface area contributed by atoms with E-state index < -0.39 is 0 Å². The molecule has 100 valence electrons. The Morgan fingerprint density at radius 3 is 3.00 bits per heavy atom. The van der Waals surface area contributed by atoms with Gasteiger partial charge in [-0.25, -0.2) is 4.98 Å². The third kappa shape index (κ3) is 3.22. The van der Waals surface area contributed by atoms with Crippen molar-refractivity contribution in [2.45, 2.75) is 38.8 Å². The quantitative estimate of drug-likeness (QED) is 0.834. The predicted molar refractivity (Wildman–Crippen MR) is 75.5 cm³/mol. The second kappa shape index (κ2) is 6.50. The molecule has 2 rings (SSSR count). The van der Waals surface area contributed by atoms with Crippen molar-refractivity contribution in [3.05, 3.63) is 29.0 Å². The molecule has 2 unspecified atom stereocenters. The van der Waals surface area contributed by atoms with Gasteiger partial charge in [0.25, 0.3) is 0 Å². The van der Waals surface area contributed by atoms with Crippen molar-refractivity contribution < 1.29 is 0 Å². The summed E-state index contributed by atoms with van der Waals surface area (Å²) in [5, 5.41) is 0.574. The minimum absolute atomic E-state index is 0.574. The molecule has 1 fully saturated rings. The van der Waals surface area contributed by atoms with Crippen molar-refractivity contribution in [2.75, 3.05) is 13.1 Å². The summed E-state index contributed by atoms with van der Waals surface area (Å²) in [6.45, 7) is 5.02. The highest BCUT2D eigenvalue weighted by Crippen LogP contribution is 2.30. The molecular weight excluding hydrogens is 246 g/mol. The number of nitrogens with zero attached hydrogens (tertiary/aromatic N) is 2. The average Bonchev–Trinajstić information content (AvgIpc) is 2.84.